The summed E-state index contributed by atoms with van der Waals surface area (Å²) in [6.07, 6.45) is 3.45. The maximum atomic E-state index is 6.64. The molecule has 10 heteroatoms. The van der Waals surface area contributed by atoms with Gasteiger partial charge >= 0.3 is 0 Å². The molecule has 3 aromatic rings. The van der Waals surface area contributed by atoms with Crippen LogP contribution in [0.5, 0.6) is 0 Å². The molecule has 5 rings (SSSR count). The molecule has 2 aromatic heterocycles. The average molecular weight is 462 g/mol. The standard InChI is InChI=1S/C21H25Cl2N7O/c1-3-30-19(23)17(11-25-30)27-20-24-10-14-8-15(22)18(9-16(14)26-20)28-4-6-29(7-5-28)21(2)12-31-13-21/h8-11H,3-7,12-13H2,1-2H3,(H,24,26,27). The number of aromatic nitrogens is 4. The Morgan fingerprint density at radius 2 is 1.90 bits per heavy atom. The van der Waals surface area contributed by atoms with Crippen molar-refractivity contribution in [3.63, 3.8) is 0 Å². The SMILES string of the molecule is CCn1ncc(Nc2ncc3cc(Cl)c(N4CCN(C5(C)COC5)CC4)cc3n2)c1Cl. The molecule has 4 heterocycles. The Morgan fingerprint density at radius 3 is 2.55 bits per heavy atom. The molecule has 8 nitrogen and oxygen atoms in total. The lowest BCUT2D eigenvalue weighted by atomic mass is 9.97. The number of piperazine rings is 1. The van der Waals surface area contributed by atoms with Crippen LogP contribution in [0.2, 0.25) is 10.2 Å². The van der Waals surface area contributed by atoms with Gasteiger partial charge < -0.3 is 15.0 Å². The van der Waals surface area contributed by atoms with E-state index in [1.165, 1.54) is 0 Å². The molecule has 2 fully saturated rings. The molecule has 164 valence electrons. The van der Waals surface area contributed by atoms with Crippen molar-refractivity contribution in [3.05, 3.63) is 34.7 Å². The number of fused-ring (bicyclic) bond motifs is 1. The van der Waals surface area contributed by atoms with Crippen molar-refractivity contribution >= 4 is 51.4 Å². The number of hydrogen-bond acceptors (Lipinski definition) is 7. The smallest absolute Gasteiger partial charge is 0.227 e. The van der Waals surface area contributed by atoms with E-state index in [1.807, 2.05) is 19.1 Å². The van der Waals surface area contributed by atoms with Crippen LogP contribution in [-0.2, 0) is 11.3 Å². The third-order valence-electron chi connectivity index (χ3n) is 6.18. The number of rotatable bonds is 5. The van der Waals surface area contributed by atoms with Gasteiger partial charge in [0.2, 0.25) is 5.95 Å². The molecule has 1 aromatic carbocycles. The summed E-state index contributed by atoms with van der Waals surface area (Å²) in [5.41, 5.74) is 2.70. The molecule has 0 atom stereocenters. The van der Waals surface area contributed by atoms with Crippen LogP contribution >= 0.6 is 23.2 Å². The molecular weight excluding hydrogens is 437 g/mol. The molecule has 31 heavy (non-hydrogen) atoms. The van der Waals surface area contributed by atoms with Gasteiger partial charge in [-0.1, -0.05) is 23.2 Å². The lowest BCUT2D eigenvalue weighted by Crippen LogP contribution is -2.64. The molecule has 2 aliphatic heterocycles. The zero-order chi connectivity index (χ0) is 21.6. The van der Waals surface area contributed by atoms with Crippen molar-refractivity contribution in [3.8, 4) is 0 Å². The quantitative estimate of drug-likeness (QED) is 0.619. The summed E-state index contributed by atoms with van der Waals surface area (Å²) in [7, 11) is 0. The van der Waals surface area contributed by atoms with E-state index in [9.17, 15) is 0 Å². The third kappa shape index (κ3) is 3.82. The maximum Gasteiger partial charge on any atom is 0.227 e. The minimum absolute atomic E-state index is 0.180. The molecule has 0 saturated carbocycles. The van der Waals surface area contributed by atoms with Crippen LogP contribution in [0.4, 0.5) is 17.3 Å². The van der Waals surface area contributed by atoms with E-state index in [4.69, 9.17) is 27.9 Å². The third-order valence-corrected chi connectivity index (χ3v) is 6.88. The summed E-state index contributed by atoms with van der Waals surface area (Å²) in [5.74, 6) is 0.473. The molecular formula is C21H25Cl2N7O. The van der Waals surface area contributed by atoms with E-state index in [0.29, 0.717) is 23.3 Å². The molecule has 2 aliphatic rings. The topological polar surface area (TPSA) is 71.3 Å². The minimum atomic E-state index is 0.180. The minimum Gasteiger partial charge on any atom is -0.377 e. The highest BCUT2D eigenvalue weighted by atomic mass is 35.5. The molecule has 0 spiro atoms. The Kier molecular flexibility index (Phi) is 5.42. The second-order valence-corrected chi connectivity index (χ2v) is 9.07. The molecule has 0 radical (unpaired) electrons. The largest absolute Gasteiger partial charge is 0.377 e. The average Bonchev–Trinajstić information content (AvgIpc) is 3.11. The fourth-order valence-corrected chi connectivity index (χ4v) is 4.76. The number of aryl methyl sites for hydroxylation is 1. The highest BCUT2D eigenvalue weighted by molar-refractivity contribution is 6.34. The van der Waals surface area contributed by atoms with Gasteiger partial charge in [0.05, 0.1) is 46.9 Å². The van der Waals surface area contributed by atoms with Crippen molar-refractivity contribution < 1.29 is 4.74 Å². The van der Waals surface area contributed by atoms with Gasteiger partial charge in [0.1, 0.15) is 0 Å². The number of nitrogens with zero attached hydrogens (tertiary/aromatic N) is 6. The second kappa shape index (κ2) is 8.09. The fraction of sp³-hybridized carbons (Fsp3) is 0.476. The first-order valence-corrected chi connectivity index (χ1v) is 11.2. The van der Waals surface area contributed by atoms with E-state index in [0.717, 1.165) is 61.0 Å². The van der Waals surface area contributed by atoms with Gasteiger partial charge in [-0.2, -0.15) is 5.10 Å². The van der Waals surface area contributed by atoms with Crippen LogP contribution < -0.4 is 10.2 Å². The zero-order valence-electron chi connectivity index (χ0n) is 17.6. The lowest BCUT2D eigenvalue weighted by Gasteiger charge is -2.50. The van der Waals surface area contributed by atoms with Crippen molar-refractivity contribution in [1.82, 2.24) is 24.6 Å². The summed E-state index contributed by atoms with van der Waals surface area (Å²) in [6.45, 7) is 10.4. The van der Waals surface area contributed by atoms with Gasteiger partial charge in [0.25, 0.3) is 0 Å². The Morgan fingerprint density at radius 1 is 1.13 bits per heavy atom. The van der Waals surface area contributed by atoms with Gasteiger partial charge in [-0.05, 0) is 26.0 Å². The molecule has 1 N–H and O–H groups in total. The summed E-state index contributed by atoms with van der Waals surface area (Å²) in [6, 6.07) is 3.98. The van der Waals surface area contributed by atoms with E-state index in [2.05, 4.69) is 37.1 Å². The van der Waals surface area contributed by atoms with E-state index in [-0.39, 0.29) is 5.54 Å². The molecule has 0 unspecified atom stereocenters. The first-order chi connectivity index (χ1) is 15.0. The van der Waals surface area contributed by atoms with Gasteiger partial charge in [-0.15, -0.1) is 0 Å². The van der Waals surface area contributed by atoms with Crippen LogP contribution in [0.15, 0.2) is 24.5 Å². The van der Waals surface area contributed by atoms with E-state index in [1.54, 1.807) is 17.1 Å². The fourth-order valence-electron chi connectivity index (χ4n) is 4.21. The molecule has 0 amide bonds. The van der Waals surface area contributed by atoms with E-state index < -0.39 is 0 Å². The predicted octanol–water partition coefficient (Wildman–Crippen LogP) is 3.81. The Balaban J connectivity index is 1.37. The first kappa shape index (κ1) is 20.8. The van der Waals surface area contributed by atoms with Crippen molar-refractivity contribution in [2.24, 2.45) is 0 Å². The van der Waals surface area contributed by atoms with E-state index >= 15 is 0 Å². The van der Waals surface area contributed by atoms with Gasteiger partial charge in [-0.3, -0.25) is 9.58 Å². The predicted molar refractivity (Wildman–Crippen MR) is 124 cm³/mol. The first-order valence-electron chi connectivity index (χ1n) is 10.5. The van der Waals surface area contributed by atoms with Crippen molar-refractivity contribution in [1.29, 1.82) is 0 Å². The Bertz CT molecular complexity index is 1110. The molecule has 0 aliphatic carbocycles. The Labute approximate surface area is 191 Å². The highest BCUT2D eigenvalue weighted by Crippen LogP contribution is 2.33. The number of nitrogens with one attached hydrogen (secondary N) is 1. The normalized spacial score (nSPS) is 18.9. The molecule has 2 saturated heterocycles. The van der Waals surface area contributed by atoms with Gasteiger partial charge in [-0.25, -0.2) is 9.97 Å². The van der Waals surface area contributed by atoms with Crippen LogP contribution in [0.25, 0.3) is 10.9 Å². The second-order valence-electron chi connectivity index (χ2n) is 8.31. The van der Waals surface area contributed by atoms with Crippen molar-refractivity contribution in [2.75, 3.05) is 49.6 Å². The van der Waals surface area contributed by atoms with Crippen LogP contribution in [0.1, 0.15) is 13.8 Å². The summed E-state index contributed by atoms with van der Waals surface area (Å²) < 4.78 is 7.14. The monoisotopic (exact) mass is 461 g/mol. The van der Waals surface area contributed by atoms with Crippen LogP contribution in [0, 0.1) is 0 Å². The summed E-state index contributed by atoms with van der Waals surface area (Å²) in [5, 5.41) is 9.56. The molecule has 0 bridgehead atoms. The number of halogens is 2. The zero-order valence-corrected chi connectivity index (χ0v) is 19.1. The number of hydrogen-bond donors (Lipinski definition) is 1. The summed E-state index contributed by atoms with van der Waals surface area (Å²) >= 11 is 13.0. The van der Waals surface area contributed by atoms with Crippen LogP contribution in [0.3, 0.4) is 0 Å². The van der Waals surface area contributed by atoms with Gasteiger partial charge in [0, 0.05) is 44.3 Å². The number of anilines is 3. The summed E-state index contributed by atoms with van der Waals surface area (Å²) in [4.78, 5) is 13.9. The number of benzene rings is 1. The van der Waals surface area contributed by atoms with Crippen molar-refractivity contribution in [2.45, 2.75) is 25.9 Å². The highest BCUT2D eigenvalue weighted by Gasteiger charge is 2.40. The Hall–Kier alpha value is -2.13. The van der Waals surface area contributed by atoms with Crippen LogP contribution in [-0.4, -0.2) is 69.6 Å². The number of ether oxygens (including phenoxy) is 1. The van der Waals surface area contributed by atoms with Gasteiger partial charge in [0.15, 0.2) is 5.15 Å². The maximum absolute atomic E-state index is 6.64. The lowest BCUT2D eigenvalue weighted by molar-refractivity contribution is -0.131.